The number of carboxylic acids is 1. The Balaban J connectivity index is 1.71. The minimum Gasteiger partial charge on any atom is -0.480 e. The molecule has 1 heterocycles. The molecule has 0 aliphatic rings. The molecule has 21 heteroatoms. The number of aliphatic carboxylic acids is 1. The molecule has 0 spiro atoms. The van der Waals surface area contributed by atoms with Crippen molar-refractivity contribution in [3.63, 3.8) is 0 Å². The van der Waals surface area contributed by atoms with Crippen molar-refractivity contribution in [1.29, 1.82) is 0 Å². The number of carboxylic acid groups (broad SMARTS) is 1. The van der Waals surface area contributed by atoms with E-state index in [2.05, 4.69) is 47.5 Å². The van der Waals surface area contributed by atoms with Gasteiger partial charge in [0.15, 0.2) is 0 Å². The van der Waals surface area contributed by atoms with Gasteiger partial charge < -0.3 is 58.4 Å². The number of fused-ring (bicyclic) bond motifs is 1. The number of para-hydroxylation sites is 1. The zero-order valence-corrected chi connectivity index (χ0v) is 49.2. The highest BCUT2D eigenvalue weighted by molar-refractivity contribution is 7.98. The van der Waals surface area contributed by atoms with Crippen molar-refractivity contribution in [2.24, 2.45) is 29.4 Å². The van der Waals surface area contributed by atoms with Crippen molar-refractivity contribution >= 4 is 75.9 Å². The predicted octanol–water partition coefficient (Wildman–Crippen LogP) is 4.05. The molecule has 0 saturated heterocycles. The van der Waals surface area contributed by atoms with Crippen LogP contribution in [0.4, 0.5) is 0 Å². The molecule has 0 aliphatic carbocycles. The number of carbonyl (C=O) groups is 9. The van der Waals surface area contributed by atoms with Crippen LogP contribution in [0.2, 0.25) is 0 Å². The monoisotopic (exact) mass is 1140 g/mol. The summed E-state index contributed by atoms with van der Waals surface area (Å²) in [7, 11) is 0. The highest BCUT2D eigenvalue weighted by atomic mass is 32.2. The van der Waals surface area contributed by atoms with E-state index in [1.807, 2.05) is 78.1 Å². The molecule has 8 amide bonds. The van der Waals surface area contributed by atoms with Crippen molar-refractivity contribution < 1.29 is 48.3 Å². The quantitative estimate of drug-likeness (QED) is 0.0322. The summed E-state index contributed by atoms with van der Waals surface area (Å²) in [6.07, 6.45) is 4.16. The topological polar surface area (TPSA) is 312 Å². The summed E-state index contributed by atoms with van der Waals surface area (Å²) < 4.78 is 0. The average Bonchev–Trinajstić information content (AvgIpc) is 3.83. The van der Waals surface area contributed by atoms with Gasteiger partial charge in [0.25, 0.3) is 0 Å². The number of amides is 8. The van der Waals surface area contributed by atoms with Gasteiger partial charge in [0, 0.05) is 36.4 Å². The van der Waals surface area contributed by atoms with E-state index in [0.29, 0.717) is 22.4 Å². The van der Waals surface area contributed by atoms with E-state index < -0.39 is 114 Å². The Morgan fingerprint density at radius 2 is 0.827 bits per heavy atom. The number of carbonyl (C=O) groups excluding carboxylic acids is 8. The van der Waals surface area contributed by atoms with Crippen LogP contribution in [0.3, 0.4) is 0 Å². The van der Waals surface area contributed by atoms with Crippen LogP contribution in [-0.2, 0) is 62.4 Å². The first-order valence-corrected chi connectivity index (χ1v) is 29.3. The predicted molar refractivity (Wildman–Crippen MR) is 315 cm³/mol. The first-order chi connectivity index (χ1) is 38.4. The van der Waals surface area contributed by atoms with Gasteiger partial charge >= 0.3 is 5.97 Å². The van der Waals surface area contributed by atoms with Gasteiger partial charge in [0.1, 0.15) is 48.3 Å². The van der Waals surface area contributed by atoms with Gasteiger partial charge in [-0.25, -0.2) is 4.79 Å². The van der Waals surface area contributed by atoms with E-state index >= 15 is 4.79 Å². The summed E-state index contributed by atoms with van der Waals surface area (Å²) in [6, 6.07) is 14.7. The third-order valence-electron chi connectivity index (χ3n) is 13.5. The number of aromatic nitrogens is 1. The van der Waals surface area contributed by atoms with Crippen LogP contribution in [0.1, 0.15) is 105 Å². The Bertz CT molecular complexity index is 2720. The zero-order valence-electron chi connectivity index (χ0n) is 48.4. The molecule has 0 aliphatic heterocycles. The summed E-state index contributed by atoms with van der Waals surface area (Å²) in [6.45, 7) is 16.0. The summed E-state index contributed by atoms with van der Waals surface area (Å²) in [5.74, 6) is -6.97. The number of thioether (sulfide) groups is 1. The Morgan fingerprint density at radius 1 is 0.469 bits per heavy atom. The molecule has 0 bridgehead atoms. The molecule has 0 unspecified atom stereocenters. The molecule has 4 rings (SSSR count). The first kappa shape index (κ1) is 66.3. The Labute approximate surface area is 480 Å². The normalized spacial score (nSPS) is 14.8. The Morgan fingerprint density at radius 3 is 1.22 bits per heavy atom. The van der Waals surface area contributed by atoms with Crippen LogP contribution in [0, 0.1) is 23.7 Å². The highest BCUT2D eigenvalue weighted by Gasteiger charge is 2.36. The van der Waals surface area contributed by atoms with Gasteiger partial charge in [-0.3, -0.25) is 38.4 Å². The summed E-state index contributed by atoms with van der Waals surface area (Å²) >= 11 is 1.47. The highest BCUT2D eigenvalue weighted by Crippen LogP contribution is 2.21. The minimum absolute atomic E-state index is 0.0124. The fourth-order valence-corrected chi connectivity index (χ4v) is 9.64. The summed E-state index contributed by atoms with van der Waals surface area (Å²) in [4.78, 5) is 129. The summed E-state index contributed by atoms with van der Waals surface area (Å²) in [5.41, 5.74) is 8.64. The van der Waals surface area contributed by atoms with Crippen LogP contribution < -0.4 is 48.3 Å². The lowest BCUT2D eigenvalue weighted by atomic mass is 9.97. The number of H-pyrrole nitrogens is 1. The molecule has 20 nitrogen and oxygen atoms in total. The lowest BCUT2D eigenvalue weighted by Gasteiger charge is -2.29. The molecule has 0 radical (unpaired) electrons. The van der Waals surface area contributed by atoms with Crippen molar-refractivity contribution in [3.8, 4) is 0 Å². The van der Waals surface area contributed by atoms with Crippen LogP contribution in [0.5, 0.6) is 0 Å². The van der Waals surface area contributed by atoms with E-state index in [4.69, 9.17) is 5.73 Å². The van der Waals surface area contributed by atoms with E-state index in [1.165, 1.54) is 18.7 Å². The number of aromatic amines is 1. The molecule has 12 N–H and O–H groups in total. The standard InChI is InChI=1S/C60H86N10O10S/c1-34(2)27-45(55(74)66-47(29-36(5)6)59(78)70-51(37(7)8)60(79)80)64-54(73)46(28-35(3)4)65-58(77)50(32-41-33-62-43-24-18-17-23-42(41)43)69-57(76)49(31-40-21-15-12-16-22-40)68-56(75)48(30-39-19-13-11-14-20-39)67-53(72)44(25-26-81-10)63-52(71)38(9)61/h11-24,33-38,44-51,62H,25-32,61H2,1-10H3,(H,63,71)(H,64,73)(H,65,77)(H,66,74)(H,67,72)(H,68,75)(H,69,76)(H,70,78)(H,79,80)/t38-,44-,45-,46-,47-,48-,49-,50-,51-/m0/s1. The van der Waals surface area contributed by atoms with Crippen molar-refractivity contribution in [3.05, 3.63) is 108 Å². The molecule has 9 atom stereocenters. The zero-order chi connectivity index (χ0) is 59.9. The number of benzene rings is 3. The Hall–Kier alpha value is -7.26. The Kier molecular flexibility index (Phi) is 26.9. The van der Waals surface area contributed by atoms with E-state index in [9.17, 15) is 43.5 Å². The first-order valence-electron chi connectivity index (χ1n) is 27.9. The number of hydrogen-bond donors (Lipinski definition) is 11. The lowest BCUT2D eigenvalue weighted by Crippen LogP contribution is -2.61. The molecule has 3 aromatic carbocycles. The molecule has 81 heavy (non-hydrogen) atoms. The smallest absolute Gasteiger partial charge is 0.326 e. The lowest BCUT2D eigenvalue weighted by molar-refractivity contribution is -0.143. The maximum absolute atomic E-state index is 15.0. The minimum atomic E-state index is -1.36. The van der Waals surface area contributed by atoms with Crippen LogP contribution in [-0.4, -0.2) is 130 Å². The second kappa shape index (κ2) is 32.9. The van der Waals surface area contributed by atoms with E-state index in [0.717, 1.165) is 10.9 Å². The molecular weight excluding hydrogens is 1050 g/mol. The van der Waals surface area contributed by atoms with Crippen LogP contribution in [0.15, 0.2) is 91.1 Å². The van der Waals surface area contributed by atoms with Crippen molar-refractivity contribution in [2.45, 2.75) is 162 Å². The van der Waals surface area contributed by atoms with Crippen molar-refractivity contribution in [2.75, 3.05) is 12.0 Å². The number of rotatable bonds is 33. The van der Waals surface area contributed by atoms with Crippen LogP contribution >= 0.6 is 11.8 Å². The van der Waals surface area contributed by atoms with Gasteiger partial charge in [-0.05, 0) is 91.0 Å². The van der Waals surface area contributed by atoms with Crippen molar-refractivity contribution in [1.82, 2.24) is 47.5 Å². The fourth-order valence-electron chi connectivity index (χ4n) is 9.17. The maximum Gasteiger partial charge on any atom is 0.326 e. The molecule has 0 fully saturated rings. The number of nitrogens with two attached hydrogens (primary N) is 1. The largest absolute Gasteiger partial charge is 0.480 e. The average molecular weight is 1140 g/mol. The third kappa shape index (κ3) is 22.0. The van der Waals surface area contributed by atoms with Gasteiger partial charge in [0.05, 0.1) is 6.04 Å². The van der Waals surface area contributed by atoms with Gasteiger partial charge in [-0.1, -0.05) is 134 Å². The molecular formula is C60H86N10O10S. The maximum atomic E-state index is 15.0. The third-order valence-corrected chi connectivity index (χ3v) is 14.1. The number of nitrogens with one attached hydrogen (secondary N) is 9. The number of hydrogen-bond acceptors (Lipinski definition) is 11. The molecule has 4 aromatic rings. The second-order valence-corrected chi connectivity index (χ2v) is 23.4. The van der Waals surface area contributed by atoms with E-state index in [1.54, 1.807) is 74.6 Å². The summed E-state index contributed by atoms with van der Waals surface area (Å²) in [5, 5.41) is 32.9. The molecule has 0 saturated carbocycles. The molecule has 1 aromatic heterocycles. The van der Waals surface area contributed by atoms with Crippen LogP contribution in [0.25, 0.3) is 10.9 Å². The fraction of sp³-hybridized carbons (Fsp3) is 0.517. The molecule has 442 valence electrons. The second-order valence-electron chi connectivity index (χ2n) is 22.4. The van der Waals surface area contributed by atoms with E-state index in [-0.39, 0.29) is 62.7 Å². The van der Waals surface area contributed by atoms with Gasteiger partial charge in [-0.2, -0.15) is 11.8 Å². The van der Waals surface area contributed by atoms with Gasteiger partial charge in [0.2, 0.25) is 47.3 Å². The van der Waals surface area contributed by atoms with Gasteiger partial charge in [-0.15, -0.1) is 0 Å². The SMILES string of the molecule is CSCC[C@H](NC(=O)[C@H](C)N)C(=O)N[C@@H](Cc1ccccc1)C(=O)N[C@@H](Cc1ccccc1)C(=O)N[C@@H](Cc1c[nH]c2ccccc12)C(=O)N[C@@H](CC(C)C)C(=O)N[C@@H](CC(C)C)C(=O)N[C@@H](CC(C)C)C(=O)N[C@H](C(=O)O)C(C)C.